The highest BCUT2D eigenvalue weighted by Gasteiger charge is 2.61. The van der Waals surface area contributed by atoms with Crippen LogP contribution in [0.2, 0.25) is 0 Å². The average molecular weight is 819 g/mol. The maximum Gasteiger partial charge on any atom is 0.330 e. The molecular weight excluding hydrogens is 744 g/mol. The van der Waals surface area contributed by atoms with Gasteiger partial charge in [-0.25, -0.2) is 4.79 Å². The van der Waals surface area contributed by atoms with Gasteiger partial charge in [0.2, 0.25) is 5.79 Å². The number of ketones is 3. The number of allylic oxidation sites excluding steroid dienone is 4. The highest BCUT2D eigenvalue weighted by molar-refractivity contribution is 5.91. The molecule has 12 heteroatoms. The zero-order chi connectivity index (χ0) is 43.9. The fraction of sp³-hybridized carbons (Fsp3) is 0.783. The number of fused-ring (bicyclic) bond motifs is 2. The van der Waals surface area contributed by atoms with Crippen molar-refractivity contribution in [2.24, 2.45) is 53.3 Å². The van der Waals surface area contributed by atoms with E-state index in [9.17, 15) is 44.7 Å². The number of aliphatic hydroxyl groups is 5. The maximum atomic E-state index is 14.1. The van der Waals surface area contributed by atoms with E-state index in [2.05, 4.69) is 13.0 Å². The number of hydrogen-bond donors (Lipinski definition) is 5. The van der Waals surface area contributed by atoms with Crippen molar-refractivity contribution in [3.05, 3.63) is 36.5 Å². The topological polar surface area (TPSA) is 197 Å². The van der Waals surface area contributed by atoms with Crippen LogP contribution in [0, 0.1) is 53.3 Å². The summed E-state index contributed by atoms with van der Waals surface area (Å²) in [6.07, 6.45) is 7.01. The normalized spacial score (nSPS) is 45.6. The number of esters is 1. The molecule has 2 bridgehead atoms. The van der Waals surface area contributed by atoms with Crippen LogP contribution in [0.5, 0.6) is 0 Å². The van der Waals surface area contributed by atoms with Crippen molar-refractivity contribution < 1.29 is 58.9 Å². The largest absolute Gasteiger partial charge is 0.458 e. The summed E-state index contributed by atoms with van der Waals surface area (Å²) in [7, 11) is 0. The SMILES string of the molecule is CC[C@H]1/C=C/C=C/C[C@@H](C)[C@H](O)[C@@](C)(O)C(=O)[C@@H](C)[C@H](O)[C@@H](C)C(=O)[C@@H](C)[C@H](O)[C@@H](C)/C=C/C(=O)O[C@@H]2[C@H](C)[C@H](CC1)O[C@@]1(O[C@@H](C[C@@H](C)O)[C@@H](C)CC1=O)[C@H]2CC. The molecule has 0 aromatic heterocycles. The zero-order valence-electron chi connectivity index (χ0n) is 36.7. The number of carbonyl (C=O) groups excluding carboxylic acids is 4. The number of Topliss-reactive ketones (excluding diaryl/α,β-unsaturated/α-hetero) is 3. The standard InChI is InChI=1S/C46H74O12/c1-12-33-18-16-14-15-17-26(4)43(53)45(11,55)44(54)32(10)41(52)31(9)40(51)30(8)39(50)25(3)19-22-38(49)56-42-29(7)35(21-20-33)57-46(34(42)13-2)37(48)23-27(5)36(58-46)24-28(6)47/h14-16,18-19,22,25-36,39,41-43,47,50,52-53,55H,12-13,17,20-21,23-24H2,1-11H3/b15-14+,18-16+,22-19+/t25-,26+,27-,28+,29+,30-,31-,32-,33-,34-,35-,36-,39+,41+,42+,43-,45+,46+/m0/s1. The van der Waals surface area contributed by atoms with E-state index in [4.69, 9.17) is 14.2 Å². The lowest BCUT2D eigenvalue weighted by atomic mass is 9.72. The second kappa shape index (κ2) is 21.3. The number of aliphatic hydroxyl groups excluding tert-OH is 4. The quantitative estimate of drug-likeness (QED) is 0.225. The maximum absolute atomic E-state index is 14.1. The third-order valence-electron chi connectivity index (χ3n) is 13.5. The number of hydrogen-bond acceptors (Lipinski definition) is 12. The average Bonchev–Trinajstić information content (AvgIpc) is 3.18. The van der Waals surface area contributed by atoms with Crippen molar-refractivity contribution >= 4 is 23.3 Å². The molecule has 0 amide bonds. The van der Waals surface area contributed by atoms with Crippen molar-refractivity contribution in [1.82, 2.24) is 0 Å². The molecule has 330 valence electrons. The van der Waals surface area contributed by atoms with Crippen LogP contribution in [0.4, 0.5) is 0 Å². The summed E-state index contributed by atoms with van der Waals surface area (Å²) in [6, 6.07) is 0. The summed E-state index contributed by atoms with van der Waals surface area (Å²) < 4.78 is 19.7. The van der Waals surface area contributed by atoms with Gasteiger partial charge in [0.1, 0.15) is 17.5 Å². The first-order valence-corrected chi connectivity index (χ1v) is 21.7. The first-order chi connectivity index (χ1) is 27.0. The Balaban J connectivity index is 2.05. The van der Waals surface area contributed by atoms with Crippen molar-refractivity contribution in [2.45, 2.75) is 175 Å². The molecule has 0 aromatic carbocycles. The van der Waals surface area contributed by atoms with Crippen LogP contribution in [-0.4, -0.2) is 103 Å². The van der Waals surface area contributed by atoms with Gasteiger partial charge in [0.05, 0.1) is 42.5 Å². The molecule has 3 heterocycles. The molecule has 0 radical (unpaired) electrons. The van der Waals surface area contributed by atoms with E-state index in [1.807, 2.05) is 39.0 Å². The first-order valence-electron chi connectivity index (χ1n) is 21.7. The number of ether oxygens (including phenoxy) is 3. The summed E-state index contributed by atoms with van der Waals surface area (Å²) in [6.45, 7) is 18.5. The van der Waals surface area contributed by atoms with Gasteiger partial charge in [0.15, 0.2) is 11.6 Å². The highest BCUT2D eigenvalue weighted by Crippen LogP contribution is 2.48. The molecule has 1 spiro atoms. The Morgan fingerprint density at radius 1 is 0.828 bits per heavy atom. The van der Waals surface area contributed by atoms with Crippen molar-refractivity contribution in [1.29, 1.82) is 0 Å². The smallest absolute Gasteiger partial charge is 0.330 e. The lowest BCUT2D eigenvalue weighted by Crippen LogP contribution is -2.67. The van der Waals surface area contributed by atoms with E-state index < -0.39 is 107 Å². The molecule has 18 atom stereocenters. The molecule has 0 aromatic rings. The van der Waals surface area contributed by atoms with Gasteiger partial charge >= 0.3 is 5.97 Å². The molecule has 0 aliphatic carbocycles. The summed E-state index contributed by atoms with van der Waals surface area (Å²) in [4.78, 5) is 54.8. The van der Waals surface area contributed by atoms with Crippen LogP contribution < -0.4 is 0 Å². The van der Waals surface area contributed by atoms with Gasteiger partial charge in [-0.15, -0.1) is 0 Å². The molecule has 0 saturated carbocycles. The molecule has 12 nitrogen and oxygen atoms in total. The molecule has 5 N–H and O–H groups in total. The first kappa shape index (κ1) is 49.8. The Labute approximate surface area is 346 Å². The number of rotatable bonds is 4. The van der Waals surface area contributed by atoms with E-state index >= 15 is 0 Å². The van der Waals surface area contributed by atoms with Crippen molar-refractivity contribution in [3.63, 3.8) is 0 Å². The van der Waals surface area contributed by atoms with Gasteiger partial charge in [-0.05, 0) is 70.1 Å². The molecule has 3 aliphatic heterocycles. The molecule has 58 heavy (non-hydrogen) atoms. The van der Waals surface area contributed by atoms with Crippen LogP contribution in [0.15, 0.2) is 36.5 Å². The molecular formula is C46H74O12. The molecule has 3 aliphatic rings. The summed E-state index contributed by atoms with van der Waals surface area (Å²) in [5.41, 5.74) is -2.21. The van der Waals surface area contributed by atoms with Gasteiger partial charge in [0, 0.05) is 42.1 Å². The predicted octanol–water partition coefficient (Wildman–Crippen LogP) is 5.45. The lowest BCUT2D eigenvalue weighted by Gasteiger charge is -2.54. The van der Waals surface area contributed by atoms with Crippen molar-refractivity contribution in [2.75, 3.05) is 0 Å². The summed E-state index contributed by atoms with van der Waals surface area (Å²) >= 11 is 0. The van der Waals surface area contributed by atoms with Gasteiger partial charge < -0.3 is 39.7 Å². The minimum Gasteiger partial charge on any atom is -0.458 e. The molecule has 2 fully saturated rings. The van der Waals surface area contributed by atoms with Crippen molar-refractivity contribution in [3.8, 4) is 0 Å². The Morgan fingerprint density at radius 3 is 2.07 bits per heavy atom. The van der Waals surface area contributed by atoms with Crippen LogP contribution in [0.25, 0.3) is 0 Å². The van der Waals surface area contributed by atoms with Crippen LogP contribution in [-0.2, 0) is 33.4 Å². The van der Waals surface area contributed by atoms with Crippen LogP contribution in [0.3, 0.4) is 0 Å². The van der Waals surface area contributed by atoms with Gasteiger partial charge in [-0.3, -0.25) is 14.4 Å². The Hall–Kier alpha value is -2.58. The minimum absolute atomic E-state index is 0.132. The highest BCUT2D eigenvalue weighted by atomic mass is 16.7. The Kier molecular flexibility index (Phi) is 18.3. The Bertz CT molecular complexity index is 1480. The number of carbonyl (C=O) groups is 4. The van der Waals surface area contributed by atoms with E-state index in [1.165, 1.54) is 39.8 Å². The van der Waals surface area contributed by atoms with E-state index in [1.54, 1.807) is 20.8 Å². The fourth-order valence-electron chi connectivity index (χ4n) is 9.21. The van der Waals surface area contributed by atoms with Crippen LogP contribution in [0.1, 0.15) is 121 Å². The third-order valence-corrected chi connectivity index (χ3v) is 13.5. The lowest BCUT2D eigenvalue weighted by molar-refractivity contribution is -0.347. The second-order valence-electron chi connectivity index (χ2n) is 18.1. The minimum atomic E-state index is -2.21. The fourth-order valence-corrected chi connectivity index (χ4v) is 9.21. The van der Waals surface area contributed by atoms with Gasteiger partial charge in [-0.2, -0.15) is 0 Å². The molecule has 2 saturated heterocycles. The van der Waals surface area contributed by atoms with E-state index in [0.29, 0.717) is 32.1 Å². The summed E-state index contributed by atoms with van der Waals surface area (Å²) in [5, 5.41) is 55.1. The zero-order valence-corrected chi connectivity index (χ0v) is 36.7. The van der Waals surface area contributed by atoms with E-state index in [-0.39, 0.29) is 30.0 Å². The summed E-state index contributed by atoms with van der Waals surface area (Å²) in [5.74, 6) is -9.45. The monoisotopic (exact) mass is 819 g/mol. The third kappa shape index (κ3) is 11.4. The molecule has 3 rings (SSSR count). The van der Waals surface area contributed by atoms with Gasteiger partial charge in [0.25, 0.3) is 0 Å². The van der Waals surface area contributed by atoms with E-state index in [0.717, 1.165) is 6.42 Å². The van der Waals surface area contributed by atoms with Gasteiger partial charge in [-0.1, -0.05) is 92.7 Å². The molecule has 0 unspecified atom stereocenters. The second-order valence-corrected chi connectivity index (χ2v) is 18.1. The Morgan fingerprint density at radius 2 is 1.47 bits per heavy atom. The van der Waals surface area contributed by atoms with Crippen LogP contribution >= 0.6 is 0 Å². The predicted molar refractivity (Wildman–Crippen MR) is 220 cm³/mol.